The second kappa shape index (κ2) is 8.17. The van der Waals surface area contributed by atoms with Gasteiger partial charge in [0.05, 0.1) is 12.7 Å². The van der Waals surface area contributed by atoms with Gasteiger partial charge in [-0.25, -0.2) is 4.79 Å². The molecule has 0 aliphatic rings. The van der Waals surface area contributed by atoms with Gasteiger partial charge in [0.2, 0.25) is 11.8 Å². The lowest BCUT2D eigenvalue weighted by atomic mass is 10.2. The van der Waals surface area contributed by atoms with Crippen LogP contribution in [0.15, 0.2) is 24.3 Å². The predicted octanol–water partition coefficient (Wildman–Crippen LogP) is 1.60. The number of methoxy groups -OCH3 is 1. The van der Waals surface area contributed by atoms with Gasteiger partial charge in [0.15, 0.2) is 0 Å². The number of benzene rings is 1. The summed E-state index contributed by atoms with van der Waals surface area (Å²) in [6.45, 7) is 5.89. The second-order valence-electron chi connectivity index (χ2n) is 5.34. The molecule has 1 N–H and O–H groups in total. The molecule has 0 heterocycles. The SMILES string of the molecule is COC(=O)c1ccc(N(CC(=O)NCC(C)C)C(C)=O)cc1. The van der Waals surface area contributed by atoms with Gasteiger partial charge >= 0.3 is 5.97 Å². The number of carbonyl (C=O) groups excluding carboxylic acids is 3. The van der Waals surface area contributed by atoms with Crippen LogP contribution >= 0.6 is 0 Å². The largest absolute Gasteiger partial charge is 0.465 e. The van der Waals surface area contributed by atoms with Gasteiger partial charge in [0.25, 0.3) is 0 Å². The standard InChI is InChI=1S/C16H22N2O4/c1-11(2)9-17-15(20)10-18(12(3)19)14-7-5-13(6-8-14)16(21)22-4/h5-8,11H,9-10H2,1-4H3,(H,17,20). The number of nitrogens with one attached hydrogen (secondary N) is 1. The smallest absolute Gasteiger partial charge is 0.337 e. The number of esters is 1. The number of nitrogens with zero attached hydrogens (tertiary/aromatic N) is 1. The first-order valence-electron chi connectivity index (χ1n) is 7.08. The van der Waals surface area contributed by atoms with Crippen LogP contribution in [0.3, 0.4) is 0 Å². The first kappa shape index (κ1) is 17.7. The van der Waals surface area contributed by atoms with Crippen molar-refractivity contribution in [2.45, 2.75) is 20.8 Å². The van der Waals surface area contributed by atoms with Crippen LogP contribution in [0, 0.1) is 5.92 Å². The quantitative estimate of drug-likeness (QED) is 0.810. The van der Waals surface area contributed by atoms with Crippen LogP contribution in [-0.4, -0.2) is 38.0 Å². The zero-order valence-electron chi connectivity index (χ0n) is 13.4. The maximum Gasteiger partial charge on any atom is 0.337 e. The summed E-state index contributed by atoms with van der Waals surface area (Å²) in [5.74, 6) is -0.573. The van der Waals surface area contributed by atoms with E-state index in [4.69, 9.17) is 0 Å². The Morgan fingerprint density at radius 3 is 2.23 bits per heavy atom. The van der Waals surface area contributed by atoms with Gasteiger partial charge < -0.3 is 15.0 Å². The van der Waals surface area contributed by atoms with Crippen LogP contribution < -0.4 is 10.2 Å². The number of carbonyl (C=O) groups is 3. The summed E-state index contributed by atoms with van der Waals surface area (Å²) >= 11 is 0. The van der Waals surface area contributed by atoms with Gasteiger partial charge in [0.1, 0.15) is 6.54 Å². The van der Waals surface area contributed by atoms with Crippen LogP contribution in [0.25, 0.3) is 0 Å². The van der Waals surface area contributed by atoms with Gasteiger partial charge in [-0.15, -0.1) is 0 Å². The third-order valence-corrected chi connectivity index (χ3v) is 2.99. The number of hydrogen-bond acceptors (Lipinski definition) is 4. The lowest BCUT2D eigenvalue weighted by molar-refractivity contribution is -0.123. The second-order valence-corrected chi connectivity index (χ2v) is 5.34. The third-order valence-electron chi connectivity index (χ3n) is 2.99. The fourth-order valence-corrected chi connectivity index (χ4v) is 1.80. The normalized spacial score (nSPS) is 10.2. The Kier molecular flexibility index (Phi) is 6.56. The maximum absolute atomic E-state index is 11.9. The van der Waals surface area contributed by atoms with Crippen molar-refractivity contribution in [1.29, 1.82) is 0 Å². The molecule has 0 unspecified atom stereocenters. The number of rotatable bonds is 6. The molecule has 6 nitrogen and oxygen atoms in total. The van der Waals surface area contributed by atoms with E-state index in [0.29, 0.717) is 23.7 Å². The van der Waals surface area contributed by atoms with E-state index in [2.05, 4.69) is 10.1 Å². The lowest BCUT2D eigenvalue weighted by Gasteiger charge is -2.21. The zero-order chi connectivity index (χ0) is 16.7. The highest BCUT2D eigenvalue weighted by molar-refractivity contribution is 5.98. The van der Waals surface area contributed by atoms with E-state index in [1.165, 1.54) is 18.9 Å². The van der Waals surface area contributed by atoms with Crippen molar-refractivity contribution in [1.82, 2.24) is 5.32 Å². The first-order valence-corrected chi connectivity index (χ1v) is 7.08. The molecule has 0 spiro atoms. The number of amides is 2. The molecular formula is C16H22N2O4. The van der Waals surface area contributed by atoms with E-state index < -0.39 is 5.97 Å². The maximum atomic E-state index is 11.9. The Labute approximate surface area is 130 Å². The van der Waals surface area contributed by atoms with Crippen LogP contribution in [0.5, 0.6) is 0 Å². The molecule has 0 atom stereocenters. The minimum Gasteiger partial charge on any atom is -0.465 e. The molecule has 1 rings (SSSR count). The van der Waals surface area contributed by atoms with Crippen molar-refractivity contribution in [3.63, 3.8) is 0 Å². The topological polar surface area (TPSA) is 75.7 Å². The monoisotopic (exact) mass is 306 g/mol. The average molecular weight is 306 g/mol. The number of anilines is 1. The number of ether oxygens (including phenoxy) is 1. The van der Waals surface area contributed by atoms with Crippen molar-refractivity contribution in [2.24, 2.45) is 5.92 Å². The molecule has 22 heavy (non-hydrogen) atoms. The zero-order valence-corrected chi connectivity index (χ0v) is 13.4. The van der Waals surface area contributed by atoms with E-state index in [1.54, 1.807) is 24.3 Å². The summed E-state index contributed by atoms with van der Waals surface area (Å²) in [4.78, 5) is 36.4. The fraction of sp³-hybridized carbons (Fsp3) is 0.438. The fourth-order valence-electron chi connectivity index (χ4n) is 1.80. The molecule has 0 aliphatic heterocycles. The molecule has 0 saturated carbocycles. The van der Waals surface area contributed by atoms with Gasteiger partial charge in [-0.1, -0.05) is 13.8 Å². The van der Waals surface area contributed by atoms with E-state index >= 15 is 0 Å². The van der Waals surface area contributed by atoms with Crippen LogP contribution in [0.4, 0.5) is 5.69 Å². The molecule has 1 aromatic rings. The lowest BCUT2D eigenvalue weighted by Crippen LogP contribution is -2.40. The Balaban J connectivity index is 2.81. The van der Waals surface area contributed by atoms with Gasteiger partial charge in [-0.05, 0) is 30.2 Å². The molecule has 0 bridgehead atoms. The highest BCUT2D eigenvalue weighted by Gasteiger charge is 2.16. The summed E-state index contributed by atoms with van der Waals surface area (Å²) in [6, 6.07) is 6.35. The third kappa shape index (κ3) is 5.20. The Morgan fingerprint density at radius 2 is 1.77 bits per heavy atom. The van der Waals surface area contributed by atoms with Gasteiger partial charge in [-0.3, -0.25) is 9.59 Å². The highest BCUT2D eigenvalue weighted by Crippen LogP contribution is 2.16. The molecule has 0 aliphatic carbocycles. The van der Waals surface area contributed by atoms with Crippen molar-refractivity contribution in [3.8, 4) is 0 Å². The molecule has 0 fully saturated rings. The van der Waals surface area contributed by atoms with Crippen LogP contribution in [0.2, 0.25) is 0 Å². The van der Waals surface area contributed by atoms with E-state index in [9.17, 15) is 14.4 Å². The molecule has 120 valence electrons. The molecule has 2 amide bonds. The Bertz CT molecular complexity index is 538. The van der Waals surface area contributed by atoms with Crippen molar-refractivity contribution >= 4 is 23.5 Å². The highest BCUT2D eigenvalue weighted by atomic mass is 16.5. The first-order chi connectivity index (χ1) is 10.3. The van der Waals surface area contributed by atoms with Crippen molar-refractivity contribution < 1.29 is 19.1 Å². The van der Waals surface area contributed by atoms with Crippen molar-refractivity contribution in [3.05, 3.63) is 29.8 Å². The average Bonchev–Trinajstić information content (AvgIpc) is 2.49. The van der Waals surface area contributed by atoms with E-state index in [0.717, 1.165) is 0 Å². The molecule has 1 aromatic carbocycles. The Hall–Kier alpha value is -2.37. The van der Waals surface area contributed by atoms with E-state index in [1.807, 2.05) is 13.8 Å². The molecule has 6 heteroatoms. The molecular weight excluding hydrogens is 284 g/mol. The van der Waals surface area contributed by atoms with E-state index in [-0.39, 0.29) is 18.4 Å². The Morgan fingerprint density at radius 1 is 1.18 bits per heavy atom. The van der Waals surface area contributed by atoms with Gasteiger partial charge in [-0.2, -0.15) is 0 Å². The number of hydrogen-bond donors (Lipinski definition) is 1. The summed E-state index contributed by atoms with van der Waals surface area (Å²) in [7, 11) is 1.30. The summed E-state index contributed by atoms with van der Waals surface area (Å²) in [5.41, 5.74) is 0.943. The summed E-state index contributed by atoms with van der Waals surface area (Å²) in [5, 5.41) is 2.77. The minimum absolute atomic E-state index is 0.0559. The molecule has 0 aromatic heterocycles. The molecule has 0 saturated heterocycles. The molecule has 0 radical (unpaired) electrons. The summed E-state index contributed by atoms with van der Waals surface area (Å²) in [6.07, 6.45) is 0. The van der Waals surface area contributed by atoms with Crippen LogP contribution in [0.1, 0.15) is 31.1 Å². The van der Waals surface area contributed by atoms with Crippen LogP contribution in [-0.2, 0) is 14.3 Å². The van der Waals surface area contributed by atoms with Gasteiger partial charge in [0, 0.05) is 19.2 Å². The summed E-state index contributed by atoms with van der Waals surface area (Å²) < 4.78 is 4.62. The van der Waals surface area contributed by atoms with Crippen molar-refractivity contribution in [2.75, 3.05) is 25.1 Å². The predicted molar refractivity (Wildman–Crippen MR) is 83.7 cm³/mol. The minimum atomic E-state index is -0.449.